The molecule has 136 valence electrons. The molecule has 0 radical (unpaired) electrons. The minimum Gasteiger partial charge on any atom is -0.324 e. The van der Waals surface area contributed by atoms with Crippen molar-refractivity contribution in [3.63, 3.8) is 0 Å². The smallest absolute Gasteiger partial charge is 0.324 e. The summed E-state index contributed by atoms with van der Waals surface area (Å²) in [5.41, 5.74) is 0. The Balaban J connectivity index is -0.000000578. The van der Waals surface area contributed by atoms with E-state index in [1.54, 1.807) is 0 Å². The first kappa shape index (κ1) is 29.5. The van der Waals surface area contributed by atoms with Gasteiger partial charge in [-0.15, -0.1) is 6.42 Å². The van der Waals surface area contributed by atoms with Gasteiger partial charge in [0.1, 0.15) is 0 Å². The van der Waals surface area contributed by atoms with Crippen LogP contribution < -0.4 is 29.6 Å². The summed E-state index contributed by atoms with van der Waals surface area (Å²) in [6.45, 7) is 2.26. The van der Waals surface area contributed by atoms with Crippen molar-refractivity contribution in [1.82, 2.24) is 0 Å². The van der Waals surface area contributed by atoms with E-state index in [0.717, 1.165) is 6.42 Å². The molecule has 4 nitrogen and oxygen atoms in total. The normalized spacial score (nSPS) is 11.4. The SMILES string of the molecule is CCCCCCCCCCC[CH-]CC(Cl)(Cl)Cl.O=S(=O)(O)O.[Na+]. The van der Waals surface area contributed by atoms with Gasteiger partial charge in [0.2, 0.25) is 0 Å². The number of halogens is 3. The van der Waals surface area contributed by atoms with Crippen LogP contribution in [0.1, 0.15) is 77.6 Å². The average molecular weight is 422 g/mol. The van der Waals surface area contributed by atoms with E-state index in [0.29, 0.717) is 6.42 Å². The fourth-order valence-corrected chi connectivity index (χ4v) is 2.19. The van der Waals surface area contributed by atoms with Crippen LogP contribution in [0.25, 0.3) is 0 Å². The largest absolute Gasteiger partial charge is 1.00 e. The second kappa shape index (κ2) is 18.5. The standard InChI is InChI=1S/C14H26Cl3.Na.H2O4S/c1-2-3-4-5-6-7-8-9-10-11-12-13-14(15,16)17;;1-5(2,3)4/h12H,2-11,13H2,1H3;;(H2,1,2,3,4)/q-1;+1;. The first-order chi connectivity index (χ1) is 10.1. The fourth-order valence-electron chi connectivity index (χ4n) is 1.87. The number of rotatable bonds is 11. The molecular formula is C14H28Cl3NaO4S. The number of hydrogen-bond donors (Lipinski definition) is 2. The predicted octanol–water partition coefficient (Wildman–Crippen LogP) is 3.22. The predicted molar refractivity (Wildman–Crippen MR) is 95.2 cm³/mol. The van der Waals surface area contributed by atoms with E-state index >= 15 is 0 Å². The van der Waals surface area contributed by atoms with Gasteiger partial charge in [-0.25, -0.2) is 0 Å². The van der Waals surface area contributed by atoms with Gasteiger partial charge in [0.05, 0.1) is 0 Å². The van der Waals surface area contributed by atoms with Gasteiger partial charge in [-0.1, -0.05) is 99.5 Å². The zero-order valence-corrected chi connectivity index (χ0v) is 19.2. The molecule has 0 spiro atoms. The minimum atomic E-state index is -4.67. The van der Waals surface area contributed by atoms with Crippen LogP contribution in [0.4, 0.5) is 0 Å². The molecule has 0 rings (SSSR count). The third-order valence-corrected chi connectivity index (χ3v) is 3.35. The Morgan fingerprint density at radius 3 is 1.57 bits per heavy atom. The Hall–Kier alpha value is 1.74. The van der Waals surface area contributed by atoms with Crippen molar-refractivity contribution < 1.29 is 47.1 Å². The molecule has 0 bridgehead atoms. The van der Waals surface area contributed by atoms with E-state index in [1.165, 1.54) is 57.8 Å². The van der Waals surface area contributed by atoms with Crippen molar-refractivity contribution in [3.8, 4) is 0 Å². The van der Waals surface area contributed by atoms with Gasteiger partial charge in [-0.05, 0) is 0 Å². The van der Waals surface area contributed by atoms with Crippen molar-refractivity contribution in [2.45, 2.75) is 81.3 Å². The van der Waals surface area contributed by atoms with Gasteiger partial charge in [0, 0.05) is 0 Å². The molecule has 0 saturated carbocycles. The maximum Gasteiger partial charge on any atom is 1.00 e. The van der Waals surface area contributed by atoms with Crippen molar-refractivity contribution in [2.24, 2.45) is 0 Å². The van der Waals surface area contributed by atoms with Gasteiger partial charge in [0.25, 0.3) is 0 Å². The summed E-state index contributed by atoms with van der Waals surface area (Å²) < 4.78 is 30.5. The Labute approximate surface area is 178 Å². The fraction of sp³-hybridized carbons (Fsp3) is 0.929. The number of alkyl halides is 3. The van der Waals surface area contributed by atoms with E-state index in [2.05, 4.69) is 13.3 Å². The summed E-state index contributed by atoms with van der Waals surface area (Å²) in [7, 11) is -4.67. The molecule has 0 heterocycles. The first-order valence-corrected chi connectivity index (χ1v) is 10.2. The topological polar surface area (TPSA) is 74.6 Å². The zero-order chi connectivity index (χ0) is 17.5. The molecule has 0 fully saturated rings. The Kier molecular flexibility index (Phi) is 23.8. The molecule has 0 saturated heterocycles. The molecule has 2 N–H and O–H groups in total. The second-order valence-corrected chi connectivity index (χ2v) is 8.58. The van der Waals surface area contributed by atoms with E-state index in [1.807, 2.05) is 0 Å². The molecule has 9 heteroatoms. The molecule has 0 amide bonds. The first-order valence-electron chi connectivity index (χ1n) is 7.64. The molecule has 0 atom stereocenters. The molecule has 0 aliphatic carbocycles. The molecule has 0 aromatic rings. The van der Waals surface area contributed by atoms with E-state index in [-0.39, 0.29) is 29.6 Å². The Morgan fingerprint density at radius 2 is 1.22 bits per heavy atom. The number of hydrogen-bond acceptors (Lipinski definition) is 2. The van der Waals surface area contributed by atoms with Crippen LogP contribution in [0.5, 0.6) is 0 Å². The second-order valence-electron chi connectivity index (χ2n) is 5.17. The van der Waals surface area contributed by atoms with Gasteiger partial charge in [-0.2, -0.15) is 14.8 Å². The summed E-state index contributed by atoms with van der Waals surface area (Å²) in [5.74, 6) is 0. The Morgan fingerprint density at radius 1 is 0.870 bits per heavy atom. The van der Waals surface area contributed by atoms with Gasteiger partial charge in [0.15, 0.2) is 3.79 Å². The van der Waals surface area contributed by atoms with Crippen LogP contribution in [-0.2, 0) is 10.4 Å². The molecule has 0 aliphatic heterocycles. The van der Waals surface area contributed by atoms with Crippen LogP contribution in [0.15, 0.2) is 0 Å². The molecule has 23 heavy (non-hydrogen) atoms. The molecule has 0 aliphatic rings. The van der Waals surface area contributed by atoms with Crippen LogP contribution in [0.2, 0.25) is 0 Å². The number of unbranched alkanes of at least 4 members (excludes halogenated alkanes) is 10. The maximum absolute atomic E-state index is 8.74. The van der Waals surface area contributed by atoms with Crippen LogP contribution >= 0.6 is 34.8 Å². The third kappa shape index (κ3) is 45.3. The van der Waals surface area contributed by atoms with Gasteiger partial charge < -0.3 is 6.42 Å². The molecular weight excluding hydrogens is 394 g/mol. The van der Waals surface area contributed by atoms with Crippen LogP contribution in [0.3, 0.4) is 0 Å². The van der Waals surface area contributed by atoms with Crippen molar-refractivity contribution in [1.29, 1.82) is 0 Å². The van der Waals surface area contributed by atoms with Crippen molar-refractivity contribution in [2.75, 3.05) is 0 Å². The maximum atomic E-state index is 8.74. The summed E-state index contributed by atoms with van der Waals surface area (Å²) in [6, 6.07) is 0. The van der Waals surface area contributed by atoms with E-state index in [4.69, 9.17) is 52.3 Å². The van der Waals surface area contributed by atoms with Gasteiger partial charge >= 0.3 is 40.0 Å². The molecule has 0 aromatic heterocycles. The minimum absolute atomic E-state index is 0. The van der Waals surface area contributed by atoms with E-state index in [9.17, 15) is 0 Å². The average Bonchev–Trinajstić information content (AvgIpc) is 2.32. The van der Waals surface area contributed by atoms with Crippen LogP contribution in [0, 0.1) is 6.42 Å². The zero-order valence-electron chi connectivity index (χ0n) is 14.1. The summed E-state index contributed by atoms with van der Waals surface area (Å²) >= 11 is 17.0. The monoisotopic (exact) mass is 420 g/mol. The van der Waals surface area contributed by atoms with Gasteiger partial charge in [-0.3, -0.25) is 9.11 Å². The summed E-state index contributed by atoms with van der Waals surface area (Å²) in [4.78, 5) is 0. The van der Waals surface area contributed by atoms with E-state index < -0.39 is 14.2 Å². The summed E-state index contributed by atoms with van der Waals surface area (Å²) in [5, 5.41) is 0. The Bertz CT molecular complexity index is 327. The quantitative estimate of drug-likeness (QED) is 0.177. The molecule has 0 unspecified atom stereocenters. The van der Waals surface area contributed by atoms with Crippen molar-refractivity contribution >= 4 is 45.2 Å². The molecule has 0 aromatic carbocycles. The van der Waals surface area contributed by atoms with Crippen molar-refractivity contribution in [3.05, 3.63) is 6.42 Å². The van der Waals surface area contributed by atoms with Crippen LogP contribution in [-0.4, -0.2) is 21.3 Å². The third-order valence-electron chi connectivity index (χ3n) is 2.89. The summed E-state index contributed by atoms with van der Waals surface area (Å²) in [6.07, 6.45) is 16.0.